The van der Waals surface area contributed by atoms with Crippen molar-refractivity contribution < 1.29 is 4.79 Å². The number of nitrogens with zero attached hydrogens (tertiary/aromatic N) is 1. The lowest BCUT2D eigenvalue weighted by molar-refractivity contribution is -0.116. The van der Waals surface area contributed by atoms with Gasteiger partial charge < -0.3 is 10.2 Å². The Morgan fingerprint density at radius 2 is 2.00 bits per heavy atom. The van der Waals surface area contributed by atoms with Crippen LogP contribution < -0.4 is 5.32 Å². The lowest BCUT2D eigenvalue weighted by Crippen LogP contribution is -2.23. The smallest absolute Gasteiger partial charge is 0.225 e. The topological polar surface area (TPSA) is 32.3 Å². The zero-order valence-corrected chi connectivity index (χ0v) is 13.9. The number of carbonyl (C=O) groups excluding carboxylic acids is 1. The highest BCUT2D eigenvalue weighted by Gasteiger charge is 2.08. The minimum absolute atomic E-state index is 0.0424. The van der Waals surface area contributed by atoms with Crippen molar-refractivity contribution in [2.75, 3.05) is 18.9 Å². The highest BCUT2D eigenvalue weighted by molar-refractivity contribution is 7.16. The maximum atomic E-state index is 11.9. The van der Waals surface area contributed by atoms with Crippen LogP contribution in [0.15, 0.2) is 36.4 Å². The third-order valence-corrected chi connectivity index (χ3v) is 4.47. The summed E-state index contributed by atoms with van der Waals surface area (Å²) >= 11 is 13.5. The van der Waals surface area contributed by atoms with Crippen LogP contribution in [0.3, 0.4) is 0 Å². The minimum atomic E-state index is -0.0424. The van der Waals surface area contributed by atoms with Crippen molar-refractivity contribution in [2.24, 2.45) is 0 Å². The number of thiophene rings is 1. The Kier molecular flexibility index (Phi) is 6.06. The highest BCUT2D eigenvalue weighted by Crippen LogP contribution is 2.23. The lowest BCUT2D eigenvalue weighted by atomic mass is 10.3. The SMILES string of the molecule is CN(CCC(=O)Nc1ccccc1Cl)Cc1ccc(Cl)s1. The van der Waals surface area contributed by atoms with E-state index in [9.17, 15) is 4.79 Å². The summed E-state index contributed by atoms with van der Waals surface area (Å²) in [5, 5.41) is 3.37. The number of amides is 1. The molecule has 1 amide bonds. The molecule has 0 radical (unpaired) electrons. The van der Waals surface area contributed by atoms with Crippen molar-refractivity contribution >= 4 is 46.1 Å². The first-order valence-corrected chi connectivity index (χ1v) is 8.09. The first-order valence-electron chi connectivity index (χ1n) is 6.52. The van der Waals surface area contributed by atoms with E-state index < -0.39 is 0 Å². The van der Waals surface area contributed by atoms with Gasteiger partial charge in [0, 0.05) is 24.4 Å². The van der Waals surface area contributed by atoms with Gasteiger partial charge in [-0.2, -0.15) is 0 Å². The van der Waals surface area contributed by atoms with Gasteiger partial charge in [0.2, 0.25) is 5.91 Å². The number of para-hydroxylation sites is 1. The molecule has 0 bridgehead atoms. The molecule has 0 spiro atoms. The Morgan fingerprint density at radius 1 is 1.24 bits per heavy atom. The Morgan fingerprint density at radius 3 is 2.67 bits per heavy atom. The molecule has 112 valence electrons. The maximum absolute atomic E-state index is 11.9. The monoisotopic (exact) mass is 342 g/mol. The predicted octanol–water partition coefficient (Wildman–Crippen LogP) is 4.52. The maximum Gasteiger partial charge on any atom is 0.225 e. The van der Waals surface area contributed by atoms with E-state index in [4.69, 9.17) is 23.2 Å². The summed E-state index contributed by atoms with van der Waals surface area (Å²) in [5.41, 5.74) is 0.650. The van der Waals surface area contributed by atoms with Gasteiger partial charge >= 0.3 is 0 Å². The summed E-state index contributed by atoms with van der Waals surface area (Å²) in [6, 6.07) is 11.1. The molecular formula is C15H16Cl2N2OS. The Hall–Kier alpha value is -1.07. The first-order chi connectivity index (χ1) is 10.0. The third-order valence-electron chi connectivity index (χ3n) is 2.92. The number of carbonyl (C=O) groups is 1. The van der Waals surface area contributed by atoms with E-state index in [1.807, 2.05) is 31.3 Å². The van der Waals surface area contributed by atoms with Crippen molar-refractivity contribution in [3.05, 3.63) is 50.6 Å². The van der Waals surface area contributed by atoms with E-state index >= 15 is 0 Å². The highest BCUT2D eigenvalue weighted by atomic mass is 35.5. The molecule has 2 aromatic rings. The molecule has 1 heterocycles. The molecule has 0 atom stereocenters. The van der Waals surface area contributed by atoms with Crippen molar-refractivity contribution in [1.29, 1.82) is 0 Å². The molecule has 1 N–H and O–H groups in total. The van der Waals surface area contributed by atoms with Crippen LogP contribution >= 0.6 is 34.5 Å². The van der Waals surface area contributed by atoms with Crippen LogP contribution in [0.4, 0.5) is 5.69 Å². The normalized spacial score (nSPS) is 10.9. The molecular weight excluding hydrogens is 327 g/mol. The molecule has 0 aliphatic carbocycles. The molecule has 0 saturated heterocycles. The summed E-state index contributed by atoms with van der Waals surface area (Å²) in [6.07, 6.45) is 0.417. The number of anilines is 1. The Labute approximate surface area is 138 Å². The van der Waals surface area contributed by atoms with Gasteiger partial charge in [-0.05, 0) is 31.3 Å². The molecule has 0 aliphatic rings. The minimum Gasteiger partial charge on any atom is -0.325 e. The molecule has 1 aromatic carbocycles. The molecule has 21 heavy (non-hydrogen) atoms. The molecule has 6 heteroatoms. The summed E-state index contributed by atoms with van der Waals surface area (Å²) in [6.45, 7) is 1.46. The van der Waals surface area contributed by atoms with Gasteiger partial charge in [0.1, 0.15) is 0 Å². The van der Waals surface area contributed by atoms with E-state index in [2.05, 4.69) is 10.2 Å². The number of halogens is 2. The largest absolute Gasteiger partial charge is 0.325 e. The van der Waals surface area contributed by atoms with Gasteiger partial charge in [-0.1, -0.05) is 35.3 Å². The second kappa shape index (κ2) is 7.80. The van der Waals surface area contributed by atoms with E-state index in [0.29, 0.717) is 23.7 Å². The summed E-state index contributed by atoms with van der Waals surface area (Å²) in [5.74, 6) is -0.0424. The molecule has 0 fully saturated rings. The van der Waals surface area contributed by atoms with E-state index in [1.165, 1.54) is 4.88 Å². The van der Waals surface area contributed by atoms with E-state index in [1.54, 1.807) is 23.5 Å². The predicted molar refractivity (Wildman–Crippen MR) is 90.4 cm³/mol. The van der Waals surface area contributed by atoms with Crippen LogP contribution in [0, 0.1) is 0 Å². The molecule has 0 unspecified atom stereocenters. The van der Waals surface area contributed by atoms with Gasteiger partial charge in [0.25, 0.3) is 0 Å². The molecule has 0 aliphatic heterocycles. The Balaban J connectivity index is 1.77. The van der Waals surface area contributed by atoms with Gasteiger partial charge in [-0.15, -0.1) is 11.3 Å². The number of hydrogen-bond donors (Lipinski definition) is 1. The van der Waals surface area contributed by atoms with E-state index in [-0.39, 0.29) is 5.91 Å². The fourth-order valence-corrected chi connectivity index (χ4v) is 3.20. The van der Waals surface area contributed by atoms with Gasteiger partial charge in [-0.3, -0.25) is 4.79 Å². The van der Waals surface area contributed by atoms with Gasteiger partial charge in [0.05, 0.1) is 15.0 Å². The van der Waals surface area contributed by atoms with Crippen LogP contribution in [0.5, 0.6) is 0 Å². The van der Waals surface area contributed by atoms with Crippen molar-refractivity contribution in [2.45, 2.75) is 13.0 Å². The zero-order valence-electron chi connectivity index (χ0n) is 11.6. The average Bonchev–Trinajstić information content (AvgIpc) is 2.84. The van der Waals surface area contributed by atoms with Crippen molar-refractivity contribution in [3.8, 4) is 0 Å². The van der Waals surface area contributed by atoms with Crippen LogP contribution in [0.2, 0.25) is 9.36 Å². The fourth-order valence-electron chi connectivity index (χ4n) is 1.85. The van der Waals surface area contributed by atoms with Crippen LogP contribution in [-0.2, 0) is 11.3 Å². The lowest BCUT2D eigenvalue weighted by Gasteiger charge is -2.15. The van der Waals surface area contributed by atoms with Crippen molar-refractivity contribution in [3.63, 3.8) is 0 Å². The first kappa shape index (κ1) is 16.3. The number of nitrogens with one attached hydrogen (secondary N) is 1. The van der Waals surface area contributed by atoms with E-state index in [0.717, 1.165) is 10.9 Å². The number of rotatable bonds is 6. The quantitative estimate of drug-likeness (QED) is 0.837. The summed E-state index contributed by atoms with van der Waals surface area (Å²) in [4.78, 5) is 15.2. The second-order valence-corrected chi connectivity index (χ2v) is 6.93. The molecule has 3 nitrogen and oxygen atoms in total. The standard InChI is InChI=1S/C15H16Cl2N2OS/c1-19(10-11-6-7-14(17)21-11)9-8-15(20)18-13-5-3-2-4-12(13)16/h2-7H,8-10H2,1H3,(H,18,20). The molecule has 0 saturated carbocycles. The van der Waals surface area contributed by atoms with Crippen LogP contribution in [0.25, 0.3) is 0 Å². The summed E-state index contributed by atoms with van der Waals surface area (Å²) < 4.78 is 0.787. The Bertz CT molecular complexity index is 615. The zero-order chi connectivity index (χ0) is 15.2. The number of hydrogen-bond acceptors (Lipinski definition) is 3. The molecule has 2 rings (SSSR count). The van der Waals surface area contributed by atoms with Gasteiger partial charge in [0.15, 0.2) is 0 Å². The number of benzene rings is 1. The third kappa shape index (κ3) is 5.32. The van der Waals surface area contributed by atoms with Crippen LogP contribution in [0.1, 0.15) is 11.3 Å². The van der Waals surface area contributed by atoms with Crippen LogP contribution in [-0.4, -0.2) is 24.4 Å². The summed E-state index contributed by atoms with van der Waals surface area (Å²) in [7, 11) is 1.98. The average molecular weight is 343 g/mol. The van der Waals surface area contributed by atoms with Gasteiger partial charge in [-0.25, -0.2) is 0 Å². The van der Waals surface area contributed by atoms with Crippen molar-refractivity contribution in [1.82, 2.24) is 4.90 Å². The second-order valence-electron chi connectivity index (χ2n) is 4.72. The molecule has 1 aromatic heterocycles. The fraction of sp³-hybridized carbons (Fsp3) is 0.267.